The Balaban J connectivity index is -0.000000234. The van der Waals surface area contributed by atoms with Crippen LogP contribution < -0.4 is 9.47 Å². The van der Waals surface area contributed by atoms with Crippen molar-refractivity contribution in [2.45, 2.75) is 36.6 Å². The van der Waals surface area contributed by atoms with Gasteiger partial charge in [0.2, 0.25) is 0 Å². The third-order valence-corrected chi connectivity index (χ3v) is 5.94. The molecule has 0 heterocycles. The van der Waals surface area contributed by atoms with Gasteiger partial charge in [-0.2, -0.15) is 5.26 Å². The van der Waals surface area contributed by atoms with Gasteiger partial charge in [-0.25, -0.2) is 47.5 Å². The van der Waals surface area contributed by atoms with E-state index in [-0.39, 0.29) is 79.3 Å². The molecule has 18 nitrogen and oxygen atoms in total. The van der Waals surface area contributed by atoms with E-state index in [1.54, 1.807) is 48.5 Å². The second-order valence-corrected chi connectivity index (χ2v) is 11.1. The van der Waals surface area contributed by atoms with E-state index in [0.29, 0.717) is 22.7 Å². The van der Waals surface area contributed by atoms with Gasteiger partial charge in [0.1, 0.15) is 36.9 Å². The maximum atomic E-state index is 9.63. The van der Waals surface area contributed by atoms with Gasteiger partial charge in [0.25, 0.3) is 0 Å². The molecule has 0 saturated carbocycles. The second kappa shape index (κ2) is 42.6. The van der Waals surface area contributed by atoms with Crippen LogP contribution in [-0.2, 0) is 37.9 Å². The molecule has 59 heavy (non-hydrogen) atoms. The van der Waals surface area contributed by atoms with Crippen LogP contribution in [0, 0.1) is 60.6 Å². The van der Waals surface area contributed by atoms with Gasteiger partial charge in [0, 0.05) is 39.6 Å². The van der Waals surface area contributed by atoms with Gasteiger partial charge >= 0.3 is 0 Å². The maximum absolute atomic E-state index is 9.63. The van der Waals surface area contributed by atoms with Crippen LogP contribution in [-0.4, -0.2) is 147 Å². The molecular formula is C38H56N2O16Rf3-6. The van der Waals surface area contributed by atoms with E-state index in [9.17, 15) is 20.4 Å². The van der Waals surface area contributed by atoms with Crippen molar-refractivity contribution in [1.82, 2.24) is 0 Å². The molecule has 4 atom stereocenters. The molecule has 326 valence electrons. The van der Waals surface area contributed by atoms with Crippen molar-refractivity contribution >= 4 is 5.69 Å². The van der Waals surface area contributed by atoms with Gasteiger partial charge in [-0.3, -0.25) is 0 Å². The van der Waals surface area contributed by atoms with Gasteiger partial charge in [0.15, 0.2) is 5.69 Å². The zero-order chi connectivity index (χ0) is 42.4. The average Bonchev–Trinajstić information content (AvgIpc) is 3.18. The molecule has 0 amide bonds. The van der Waals surface area contributed by atoms with Crippen LogP contribution in [0.3, 0.4) is 0 Å². The Hall–Kier alpha value is -6.54. The van der Waals surface area contributed by atoms with Gasteiger partial charge in [-0.05, 0) is 36.4 Å². The van der Waals surface area contributed by atoms with Crippen LogP contribution in [0.1, 0.15) is 5.56 Å². The van der Waals surface area contributed by atoms with Crippen molar-refractivity contribution in [3.05, 3.63) is 108 Å². The van der Waals surface area contributed by atoms with Crippen molar-refractivity contribution in [3.63, 3.8) is 0 Å². The molecule has 0 saturated heterocycles. The fourth-order valence-corrected chi connectivity index (χ4v) is 3.41. The number of hydrogen-bond acceptors (Lipinski definition) is 17. The fraction of sp³-hybridized carbons (Fsp3) is 0.474. The van der Waals surface area contributed by atoms with Crippen LogP contribution in [0.5, 0.6) is 11.5 Å². The summed E-state index contributed by atoms with van der Waals surface area (Å²) in [7, 11) is 18.6. The summed E-state index contributed by atoms with van der Waals surface area (Å²) in [6, 6.07) is 15.2. The summed E-state index contributed by atoms with van der Waals surface area (Å²) >= 11 is 0. The number of aliphatic hydroxyl groups is 6. The number of hydrogen-bond donors (Lipinski definition) is 6. The molecule has 4 unspecified atom stereocenters. The Kier molecular flexibility index (Phi) is 44.5. The SMILES string of the molecule is [C-]#[N+]c1ccc(OCC(O)COCC(O)CO[CH2-])cc1.[CH2-]OCC(O)COCC(O)COc1ccc(C#N)cc1.[CH2-]OCC(O)CO[CH2-].[CH2-]OCC(O)CO[CH2-].[Rf].[Rf].[Rf]. The molecule has 0 aromatic heterocycles. The van der Waals surface area contributed by atoms with E-state index in [0.717, 1.165) is 0 Å². The monoisotopic (exact) mass is 1600 g/mol. The number of ether oxygens (including phenoxy) is 10. The molecule has 0 spiro atoms. The minimum absolute atomic E-state index is 0. The molecule has 6 N–H and O–H groups in total. The van der Waals surface area contributed by atoms with Gasteiger partial charge in [-0.1, -0.05) is 12.1 Å². The molecule has 0 radical (unpaired) electrons. The minimum atomic E-state index is -0.807. The van der Waals surface area contributed by atoms with E-state index in [4.69, 9.17) is 41.0 Å². The molecule has 0 aliphatic heterocycles. The van der Waals surface area contributed by atoms with E-state index in [1.807, 2.05) is 6.07 Å². The topological polar surface area (TPSA) is 242 Å². The summed E-state index contributed by atoms with van der Waals surface area (Å²) < 4.78 is 47.3. The summed E-state index contributed by atoms with van der Waals surface area (Å²) in [6.07, 6.45) is -4.35. The van der Waals surface area contributed by atoms with Crippen molar-refractivity contribution < 1.29 is 78.0 Å². The molecule has 0 aliphatic rings. The average molecular weight is 1600 g/mol. The Morgan fingerprint density at radius 1 is 0.458 bits per heavy atom. The van der Waals surface area contributed by atoms with Gasteiger partial charge < -0.3 is 78.0 Å². The Labute approximate surface area is 330 Å². The second-order valence-electron chi connectivity index (χ2n) is 11.1. The number of nitriles is 1. The van der Waals surface area contributed by atoms with E-state index < -0.39 is 36.6 Å². The third kappa shape index (κ3) is 38.1. The first kappa shape index (κ1) is 61.7. The van der Waals surface area contributed by atoms with Crippen molar-refractivity contribution in [3.8, 4) is 17.6 Å². The number of benzene rings is 2. The van der Waals surface area contributed by atoms with Crippen molar-refractivity contribution in [1.29, 1.82) is 5.26 Å². The largest absolute Gasteiger partial charge is 0.553 e. The predicted molar refractivity (Wildman–Crippen MR) is 200 cm³/mol. The first-order chi connectivity index (χ1) is 26.9. The summed E-state index contributed by atoms with van der Waals surface area (Å²) in [5, 5.41) is 63.9. The maximum Gasteiger partial charge on any atom is 0.187 e. The Morgan fingerprint density at radius 2 is 0.712 bits per heavy atom. The van der Waals surface area contributed by atoms with Crippen LogP contribution in [0.25, 0.3) is 4.85 Å². The van der Waals surface area contributed by atoms with E-state index >= 15 is 0 Å². The summed E-state index contributed by atoms with van der Waals surface area (Å²) in [4.78, 5) is 3.27. The van der Waals surface area contributed by atoms with Crippen LogP contribution in [0.2, 0.25) is 0 Å². The number of aliphatic hydroxyl groups excluding tert-OH is 6. The first-order valence-electron chi connectivity index (χ1n) is 16.6. The third-order valence-electron chi connectivity index (χ3n) is 5.94. The smallest absolute Gasteiger partial charge is 0.187 e. The van der Waals surface area contributed by atoms with Crippen LogP contribution in [0.15, 0.2) is 48.5 Å². The minimum Gasteiger partial charge on any atom is -0.553 e. The van der Waals surface area contributed by atoms with E-state index in [1.165, 1.54) is 0 Å². The number of rotatable bonds is 26. The zero-order valence-electron chi connectivity index (χ0n) is 33.6. The molecule has 0 aliphatic carbocycles. The van der Waals surface area contributed by atoms with Crippen LogP contribution >= 0.6 is 0 Å². The van der Waals surface area contributed by atoms with Gasteiger partial charge in [0.05, 0.1) is 69.0 Å². The summed E-state index contributed by atoms with van der Waals surface area (Å²) in [6.45, 7) is 8.09. The Bertz CT molecular complexity index is 1140. The molecular weight excluding hydrogens is 1540 g/mol. The Morgan fingerprint density at radius 3 is 0.966 bits per heavy atom. The first-order valence-corrected chi connectivity index (χ1v) is 16.6. The molecule has 21 heteroatoms. The van der Waals surface area contributed by atoms with Crippen molar-refractivity contribution in [2.24, 2.45) is 0 Å². The molecule has 2 aromatic carbocycles. The zero-order valence-corrected chi connectivity index (χ0v) is 52.8. The predicted octanol–water partition coefficient (Wildman–Crippen LogP) is 1.57. The standard InChI is InChI=1S/2C14H18NO5.2C5H10O3.3Rf/c1-15-11-3-5-14(6-4-11)20-10-13(17)9-19-8-12(16)7-18-2;1-18-7-12(16)8-19-9-13(17)10-20-14-4-2-11(6-15)3-5-14;2*1-7-3-5(6)4-8-2;;;/h3-6,12-13,16-17H,2,7-10H2;2-5,12-13,16-17H,1,7-10H2;2*5-6H,1-4H2;;;/q2*-1;2*-2;;;. The number of nitrogens with zero attached hydrogens (tertiary/aromatic N) is 2. The molecule has 0 fully saturated rings. The molecule has 2 rings (SSSR count). The van der Waals surface area contributed by atoms with Gasteiger partial charge in [-0.15, -0.1) is 0 Å². The quantitative estimate of drug-likeness (QED) is 0.0733. The van der Waals surface area contributed by atoms with E-state index in [2.05, 4.69) is 75.9 Å². The van der Waals surface area contributed by atoms with Crippen LogP contribution in [0.4, 0.5) is 5.69 Å². The summed E-state index contributed by atoms with van der Waals surface area (Å²) in [5.41, 5.74) is 1.07. The normalized spacial score (nSPS) is 12.0. The summed E-state index contributed by atoms with van der Waals surface area (Å²) in [5.74, 6) is 1.13. The molecule has 2 aromatic rings. The van der Waals surface area contributed by atoms with Crippen molar-refractivity contribution in [2.75, 3.05) is 79.3 Å². The molecule has 0 bridgehead atoms. The fourth-order valence-electron chi connectivity index (χ4n) is 3.41.